The van der Waals surface area contributed by atoms with Crippen molar-refractivity contribution in [3.8, 4) is 0 Å². The molecule has 0 aliphatic heterocycles. The first kappa shape index (κ1) is 25.2. The number of sulfonamides is 1. The number of carbonyl (C=O) groups excluding carboxylic acids is 1. The fraction of sp³-hybridized carbons (Fsp3) is 0.458. The summed E-state index contributed by atoms with van der Waals surface area (Å²) in [6.07, 6.45) is 1.80. The molecule has 0 heterocycles. The van der Waals surface area contributed by atoms with Gasteiger partial charge in [-0.15, -0.1) is 0 Å². The fourth-order valence-corrected chi connectivity index (χ4v) is 4.57. The molecule has 0 aliphatic rings. The first-order valence-electron chi connectivity index (χ1n) is 10.4. The number of carbonyl (C=O) groups is 1. The largest absolute Gasteiger partial charge is 0.350 e. The maximum absolute atomic E-state index is 12.4. The van der Waals surface area contributed by atoms with Crippen molar-refractivity contribution < 1.29 is 13.2 Å². The molecule has 0 saturated carbocycles. The average molecular weight is 465 g/mol. The van der Waals surface area contributed by atoms with Crippen molar-refractivity contribution in [1.29, 1.82) is 0 Å². The van der Waals surface area contributed by atoms with Gasteiger partial charge in [0.05, 0.1) is 18.0 Å². The summed E-state index contributed by atoms with van der Waals surface area (Å²) in [6, 6.07) is 13.3. The van der Waals surface area contributed by atoms with Crippen LogP contribution in [0, 0.1) is 6.92 Å². The standard InChI is InChI=1S/C24H33ClN2O3S/c1-17-21(25)9-7-10-22(17)27(31(6,29)30)16-8-11-23(28)26-18(2)19-12-14-20(15-13-19)24(3,4)5/h7,9-10,12-15,18H,8,11,16H2,1-6H3,(H,26,28). The minimum Gasteiger partial charge on any atom is -0.350 e. The van der Waals surface area contributed by atoms with Crippen LogP contribution in [0.2, 0.25) is 5.02 Å². The van der Waals surface area contributed by atoms with Crippen molar-refractivity contribution in [2.24, 2.45) is 0 Å². The van der Waals surface area contributed by atoms with Gasteiger partial charge in [-0.05, 0) is 54.5 Å². The molecule has 0 aromatic heterocycles. The molecule has 7 heteroatoms. The fourth-order valence-electron chi connectivity index (χ4n) is 3.38. The lowest BCUT2D eigenvalue weighted by atomic mass is 9.86. The Hall–Kier alpha value is -2.05. The minimum absolute atomic E-state index is 0.0812. The Labute approximate surface area is 191 Å². The van der Waals surface area contributed by atoms with E-state index in [1.807, 2.05) is 19.1 Å². The van der Waals surface area contributed by atoms with E-state index in [0.29, 0.717) is 22.7 Å². The van der Waals surface area contributed by atoms with E-state index >= 15 is 0 Å². The molecule has 0 radical (unpaired) electrons. The molecule has 1 N–H and O–H groups in total. The Morgan fingerprint density at radius 2 is 1.74 bits per heavy atom. The third-order valence-electron chi connectivity index (χ3n) is 5.33. The minimum atomic E-state index is -3.49. The number of nitrogens with one attached hydrogen (secondary N) is 1. The number of benzene rings is 2. The normalized spacial score (nSPS) is 13.0. The molecule has 0 spiro atoms. The van der Waals surface area contributed by atoms with E-state index in [0.717, 1.165) is 11.8 Å². The van der Waals surface area contributed by atoms with E-state index in [9.17, 15) is 13.2 Å². The van der Waals surface area contributed by atoms with Gasteiger partial charge in [-0.3, -0.25) is 9.10 Å². The zero-order chi connectivity index (χ0) is 23.4. The van der Waals surface area contributed by atoms with Gasteiger partial charge in [0.1, 0.15) is 0 Å². The molecule has 0 bridgehead atoms. The van der Waals surface area contributed by atoms with Crippen molar-refractivity contribution in [1.82, 2.24) is 5.32 Å². The monoisotopic (exact) mass is 464 g/mol. The lowest BCUT2D eigenvalue weighted by Crippen LogP contribution is -2.33. The Balaban J connectivity index is 1.97. The molecular weight excluding hydrogens is 432 g/mol. The van der Waals surface area contributed by atoms with E-state index in [1.165, 1.54) is 9.87 Å². The number of anilines is 1. The Kier molecular flexibility index (Phi) is 8.17. The summed E-state index contributed by atoms with van der Waals surface area (Å²) in [7, 11) is -3.49. The first-order chi connectivity index (χ1) is 14.3. The quantitative estimate of drug-likeness (QED) is 0.571. The molecule has 1 amide bonds. The zero-order valence-corrected chi connectivity index (χ0v) is 20.8. The van der Waals surface area contributed by atoms with Crippen LogP contribution in [0.25, 0.3) is 0 Å². The zero-order valence-electron chi connectivity index (χ0n) is 19.2. The van der Waals surface area contributed by atoms with E-state index in [4.69, 9.17) is 11.6 Å². The number of nitrogens with zero attached hydrogens (tertiary/aromatic N) is 1. The average Bonchev–Trinajstić information content (AvgIpc) is 2.66. The van der Waals surface area contributed by atoms with Crippen molar-refractivity contribution in [2.45, 2.75) is 58.9 Å². The highest BCUT2D eigenvalue weighted by atomic mass is 35.5. The molecule has 0 aliphatic carbocycles. The number of hydrogen-bond donors (Lipinski definition) is 1. The van der Waals surface area contributed by atoms with Crippen molar-refractivity contribution >= 4 is 33.2 Å². The summed E-state index contributed by atoms with van der Waals surface area (Å²) >= 11 is 6.16. The van der Waals surface area contributed by atoms with Crippen LogP contribution < -0.4 is 9.62 Å². The number of hydrogen-bond acceptors (Lipinski definition) is 3. The van der Waals surface area contributed by atoms with Crippen LogP contribution in [0.1, 0.15) is 63.3 Å². The molecule has 2 rings (SSSR count). The van der Waals surface area contributed by atoms with Gasteiger partial charge in [-0.25, -0.2) is 8.42 Å². The molecule has 170 valence electrons. The highest BCUT2D eigenvalue weighted by molar-refractivity contribution is 7.92. The van der Waals surface area contributed by atoms with Crippen LogP contribution in [0.3, 0.4) is 0 Å². The Morgan fingerprint density at radius 3 is 2.29 bits per heavy atom. The predicted molar refractivity (Wildman–Crippen MR) is 129 cm³/mol. The van der Waals surface area contributed by atoms with E-state index in [2.05, 4.69) is 38.2 Å². The van der Waals surface area contributed by atoms with Crippen LogP contribution in [-0.2, 0) is 20.2 Å². The molecular formula is C24H33ClN2O3S. The third-order valence-corrected chi connectivity index (χ3v) is 6.92. The van der Waals surface area contributed by atoms with E-state index in [-0.39, 0.29) is 30.3 Å². The van der Waals surface area contributed by atoms with Gasteiger partial charge in [0.2, 0.25) is 15.9 Å². The van der Waals surface area contributed by atoms with Gasteiger partial charge in [-0.1, -0.05) is 62.7 Å². The van der Waals surface area contributed by atoms with Crippen LogP contribution in [-0.4, -0.2) is 27.1 Å². The van der Waals surface area contributed by atoms with Crippen LogP contribution >= 0.6 is 11.6 Å². The second kappa shape index (κ2) is 10.0. The molecule has 5 nitrogen and oxygen atoms in total. The predicted octanol–water partition coefficient (Wildman–Crippen LogP) is 5.37. The third kappa shape index (κ3) is 6.97. The van der Waals surface area contributed by atoms with Gasteiger partial charge in [0, 0.05) is 18.0 Å². The second-order valence-electron chi connectivity index (χ2n) is 8.98. The summed E-state index contributed by atoms with van der Waals surface area (Å²) in [4.78, 5) is 12.4. The van der Waals surface area contributed by atoms with Crippen LogP contribution in [0.4, 0.5) is 5.69 Å². The summed E-state index contributed by atoms with van der Waals surface area (Å²) in [5.41, 5.74) is 3.60. The lowest BCUT2D eigenvalue weighted by molar-refractivity contribution is -0.121. The maximum atomic E-state index is 12.4. The molecule has 2 aromatic carbocycles. The van der Waals surface area contributed by atoms with Gasteiger partial charge >= 0.3 is 0 Å². The number of amides is 1. The lowest BCUT2D eigenvalue weighted by Gasteiger charge is -2.24. The van der Waals surface area contributed by atoms with Crippen LogP contribution in [0.15, 0.2) is 42.5 Å². The smallest absolute Gasteiger partial charge is 0.232 e. The SMILES string of the molecule is Cc1c(Cl)cccc1N(CCCC(=O)NC(C)c1ccc(C(C)(C)C)cc1)S(C)(=O)=O. The highest BCUT2D eigenvalue weighted by Gasteiger charge is 2.21. The summed E-state index contributed by atoms with van der Waals surface area (Å²) in [5, 5.41) is 3.51. The van der Waals surface area contributed by atoms with Crippen molar-refractivity contribution in [2.75, 3.05) is 17.1 Å². The van der Waals surface area contributed by atoms with Gasteiger partial charge < -0.3 is 5.32 Å². The summed E-state index contributed by atoms with van der Waals surface area (Å²) in [6.45, 7) is 10.4. The van der Waals surface area contributed by atoms with Crippen molar-refractivity contribution in [3.63, 3.8) is 0 Å². The van der Waals surface area contributed by atoms with E-state index in [1.54, 1.807) is 25.1 Å². The highest BCUT2D eigenvalue weighted by Crippen LogP contribution is 2.28. The molecule has 0 fully saturated rings. The van der Waals surface area contributed by atoms with Crippen LogP contribution in [0.5, 0.6) is 0 Å². The first-order valence-corrected chi connectivity index (χ1v) is 12.7. The molecule has 1 atom stereocenters. The Bertz CT molecular complexity index is 1010. The second-order valence-corrected chi connectivity index (χ2v) is 11.3. The summed E-state index contributed by atoms with van der Waals surface area (Å²) in [5.74, 6) is -0.108. The van der Waals surface area contributed by atoms with E-state index < -0.39 is 10.0 Å². The topological polar surface area (TPSA) is 66.5 Å². The molecule has 31 heavy (non-hydrogen) atoms. The summed E-state index contributed by atoms with van der Waals surface area (Å²) < 4.78 is 25.9. The van der Waals surface area contributed by atoms with Gasteiger partial charge in [-0.2, -0.15) is 0 Å². The number of halogens is 1. The van der Waals surface area contributed by atoms with Gasteiger partial charge in [0.25, 0.3) is 0 Å². The van der Waals surface area contributed by atoms with Gasteiger partial charge in [0.15, 0.2) is 0 Å². The molecule has 2 aromatic rings. The Morgan fingerprint density at radius 1 is 1.13 bits per heavy atom. The maximum Gasteiger partial charge on any atom is 0.232 e. The molecule has 0 saturated heterocycles. The van der Waals surface area contributed by atoms with Crippen molar-refractivity contribution in [3.05, 3.63) is 64.2 Å². The molecule has 1 unspecified atom stereocenters. The number of rotatable bonds is 8.